The molecule has 3 atom stereocenters. The molecule has 1 aliphatic carbocycles. The Kier molecular flexibility index (Phi) is 4.03. The number of carbonyl (C=O) groups is 1. The molecule has 108 valence electrons. The molecular formula is C16H21NO3. The van der Waals surface area contributed by atoms with E-state index in [9.17, 15) is 9.90 Å². The number of ether oxygens (including phenoxy) is 1. The SMILES string of the molecule is O=C(COCc1ccccc1)N1C[C@H]2CC[C@@H](O)[C@H]2C1. The molecule has 3 rings (SSSR count). The number of fused-ring (bicyclic) bond motifs is 1. The maximum absolute atomic E-state index is 12.1. The Morgan fingerprint density at radius 2 is 2.05 bits per heavy atom. The Bertz CT molecular complexity index is 462. The summed E-state index contributed by atoms with van der Waals surface area (Å²) in [5.74, 6) is 0.818. The van der Waals surface area contributed by atoms with Crippen molar-refractivity contribution in [1.82, 2.24) is 4.90 Å². The summed E-state index contributed by atoms with van der Waals surface area (Å²) in [5.41, 5.74) is 1.08. The van der Waals surface area contributed by atoms with Crippen molar-refractivity contribution in [3.63, 3.8) is 0 Å². The van der Waals surface area contributed by atoms with Gasteiger partial charge >= 0.3 is 0 Å². The van der Waals surface area contributed by atoms with Crippen LogP contribution in [-0.4, -0.2) is 41.7 Å². The Morgan fingerprint density at radius 1 is 1.25 bits per heavy atom. The molecule has 0 bridgehead atoms. The first-order valence-electron chi connectivity index (χ1n) is 7.31. The van der Waals surface area contributed by atoms with Gasteiger partial charge in [-0.1, -0.05) is 30.3 Å². The fourth-order valence-corrected chi connectivity index (χ4v) is 3.36. The van der Waals surface area contributed by atoms with Crippen molar-refractivity contribution in [2.45, 2.75) is 25.6 Å². The number of rotatable bonds is 4. The molecule has 4 nitrogen and oxygen atoms in total. The Labute approximate surface area is 119 Å². The zero-order valence-electron chi connectivity index (χ0n) is 11.6. The van der Waals surface area contributed by atoms with Gasteiger partial charge in [-0.05, 0) is 24.3 Å². The molecule has 0 spiro atoms. The quantitative estimate of drug-likeness (QED) is 0.904. The maximum Gasteiger partial charge on any atom is 0.248 e. The van der Waals surface area contributed by atoms with Gasteiger partial charge in [0.05, 0.1) is 12.7 Å². The number of aliphatic hydroxyl groups is 1. The average Bonchev–Trinajstić information content (AvgIpc) is 3.03. The Balaban J connectivity index is 1.44. The third-order valence-corrected chi connectivity index (χ3v) is 4.51. The fraction of sp³-hybridized carbons (Fsp3) is 0.562. The van der Waals surface area contributed by atoms with Gasteiger partial charge in [0.25, 0.3) is 0 Å². The van der Waals surface area contributed by atoms with Gasteiger partial charge in [0.1, 0.15) is 6.61 Å². The van der Waals surface area contributed by atoms with Crippen LogP contribution >= 0.6 is 0 Å². The van der Waals surface area contributed by atoms with Crippen molar-refractivity contribution in [1.29, 1.82) is 0 Å². The highest BCUT2D eigenvalue weighted by atomic mass is 16.5. The van der Waals surface area contributed by atoms with Gasteiger partial charge in [0.15, 0.2) is 0 Å². The minimum absolute atomic E-state index is 0.0440. The monoisotopic (exact) mass is 275 g/mol. The fourth-order valence-electron chi connectivity index (χ4n) is 3.36. The summed E-state index contributed by atoms with van der Waals surface area (Å²) in [6.45, 7) is 2.08. The smallest absolute Gasteiger partial charge is 0.248 e. The maximum atomic E-state index is 12.1. The number of hydrogen-bond donors (Lipinski definition) is 1. The molecule has 1 aliphatic heterocycles. The first kappa shape index (κ1) is 13.6. The molecule has 4 heteroatoms. The van der Waals surface area contributed by atoms with Crippen LogP contribution in [0.25, 0.3) is 0 Å². The lowest BCUT2D eigenvalue weighted by Crippen LogP contribution is -2.33. The third kappa shape index (κ3) is 2.86. The van der Waals surface area contributed by atoms with Crippen molar-refractivity contribution in [2.24, 2.45) is 11.8 Å². The molecule has 0 aromatic heterocycles. The first-order chi connectivity index (χ1) is 9.74. The van der Waals surface area contributed by atoms with Crippen LogP contribution in [0.4, 0.5) is 0 Å². The van der Waals surface area contributed by atoms with E-state index in [0.29, 0.717) is 19.1 Å². The number of hydrogen-bond acceptors (Lipinski definition) is 3. The van der Waals surface area contributed by atoms with Crippen molar-refractivity contribution >= 4 is 5.91 Å². The van der Waals surface area contributed by atoms with Gasteiger partial charge in [-0.25, -0.2) is 0 Å². The number of carbonyl (C=O) groups excluding carboxylic acids is 1. The molecule has 1 aromatic rings. The zero-order chi connectivity index (χ0) is 13.9. The van der Waals surface area contributed by atoms with E-state index in [1.54, 1.807) is 0 Å². The van der Waals surface area contributed by atoms with Crippen molar-refractivity contribution < 1.29 is 14.6 Å². The lowest BCUT2D eigenvalue weighted by atomic mass is 10.00. The van der Waals surface area contributed by atoms with Crippen LogP contribution in [-0.2, 0) is 16.1 Å². The largest absolute Gasteiger partial charge is 0.393 e. The molecule has 2 fully saturated rings. The molecule has 20 heavy (non-hydrogen) atoms. The van der Waals surface area contributed by atoms with Crippen LogP contribution in [0.2, 0.25) is 0 Å². The van der Waals surface area contributed by atoms with Gasteiger partial charge in [-0.2, -0.15) is 0 Å². The summed E-state index contributed by atoms with van der Waals surface area (Å²) in [6, 6.07) is 9.86. The van der Waals surface area contributed by atoms with Gasteiger partial charge in [0.2, 0.25) is 5.91 Å². The van der Waals surface area contributed by atoms with Crippen molar-refractivity contribution in [3.8, 4) is 0 Å². The Morgan fingerprint density at radius 3 is 2.80 bits per heavy atom. The summed E-state index contributed by atoms with van der Waals surface area (Å²) in [6.07, 6.45) is 1.71. The molecule has 1 heterocycles. The second kappa shape index (κ2) is 5.94. The van der Waals surface area contributed by atoms with Crippen LogP contribution in [0.15, 0.2) is 30.3 Å². The molecular weight excluding hydrogens is 254 g/mol. The van der Waals surface area contributed by atoms with E-state index in [4.69, 9.17) is 4.74 Å². The number of nitrogens with zero attached hydrogens (tertiary/aromatic N) is 1. The summed E-state index contributed by atoms with van der Waals surface area (Å²) < 4.78 is 5.49. The van der Waals surface area contributed by atoms with E-state index in [1.807, 2.05) is 35.2 Å². The van der Waals surface area contributed by atoms with Crippen LogP contribution in [0.1, 0.15) is 18.4 Å². The van der Waals surface area contributed by atoms with Crippen molar-refractivity contribution in [3.05, 3.63) is 35.9 Å². The highest BCUT2D eigenvalue weighted by Gasteiger charge is 2.43. The molecule has 1 amide bonds. The van der Waals surface area contributed by atoms with E-state index in [1.165, 1.54) is 0 Å². The summed E-state index contributed by atoms with van der Waals surface area (Å²) in [7, 11) is 0. The van der Waals surface area contributed by atoms with E-state index in [0.717, 1.165) is 24.9 Å². The first-order valence-corrected chi connectivity index (χ1v) is 7.31. The standard InChI is InChI=1S/C16H21NO3/c18-15-7-6-13-8-17(9-14(13)15)16(19)11-20-10-12-4-2-1-3-5-12/h1-5,13-15,18H,6-11H2/t13-,14+,15-/m1/s1. The number of amides is 1. The van der Waals surface area contributed by atoms with Crippen LogP contribution in [0, 0.1) is 11.8 Å². The van der Waals surface area contributed by atoms with E-state index in [2.05, 4.69) is 0 Å². The number of aliphatic hydroxyl groups excluding tert-OH is 1. The molecule has 1 saturated carbocycles. The summed E-state index contributed by atoms with van der Waals surface area (Å²) in [4.78, 5) is 13.9. The Hall–Kier alpha value is -1.39. The molecule has 1 N–H and O–H groups in total. The van der Waals surface area contributed by atoms with Crippen LogP contribution in [0.5, 0.6) is 0 Å². The highest BCUT2D eigenvalue weighted by molar-refractivity contribution is 5.77. The van der Waals surface area contributed by atoms with Crippen molar-refractivity contribution in [2.75, 3.05) is 19.7 Å². The lowest BCUT2D eigenvalue weighted by Gasteiger charge is -2.18. The molecule has 1 aromatic carbocycles. The average molecular weight is 275 g/mol. The van der Waals surface area contributed by atoms with E-state index < -0.39 is 0 Å². The number of likely N-dealkylation sites (tertiary alicyclic amines) is 1. The third-order valence-electron chi connectivity index (χ3n) is 4.51. The minimum atomic E-state index is -0.219. The van der Waals surface area contributed by atoms with Crippen LogP contribution < -0.4 is 0 Å². The highest BCUT2D eigenvalue weighted by Crippen LogP contribution is 2.37. The van der Waals surface area contributed by atoms with Gasteiger partial charge in [-0.15, -0.1) is 0 Å². The second-order valence-electron chi connectivity index (χ2n) is 5.85. The van der Waals surface area contributed by atoms with E-state index >= 15 is 0 Å². The minimum Gasteiger partial charge on any atom is -0.393 e. The lowest BCUT2D eigenvalue weighted by molar-refractivity contribution is -0.135. The number of benzene rings is 1. The predicted molar refractivity (Wildman–Crippen MR) is 74.9 cm³/mol. The molecule has 2 aliphatic rings. The molecule has 0 radical (unpaired) electrons. The topological polar surface area (TPSA) is 49.8 Å². The molecule has 0 unspecified atom stereocenters. The van der Waals surface area contributed by atoms with Gasteiger partial charge in [-0.3, -0.25) is 4.79 Å². The second-order valence-corrected chi connectivity index (χ2v) is 5.85. The summed E-state index contributed by atoms with van der Waals surface area (Å²) in [5, 5.41) is 9.85. The molecule has 1 saturated heterocycles. The van der Waals surface area contributed by atoms with E-state index in [-0.39, 0.29) is 24.5 Å². The summed E-state index contributed by atoms with van der Waals surface area (Å²) >= 11 is 0. The normalized spacial score (nSPS) is 28.6. The predicted octanol–water partition coefficient (Wildman–Crippen LogP) is 1.43. The van der Waals surface area contributed by atoms with Crippen LogP contribution in [0.3, 0.4) is 0 Å². The zero-order valence-corrected chi connectivity index (χ0v) is 11.6. The van der Waals surface area contributed by atoms with Gasteiger partial charge < -0.3 is 14.7 Å². The van der Waals surface area contributed by atoms with Gasteiger partial charge in [0, 0.05) is 19.0 Å².